The summed E-state index contributed by atoms with van der Waals surface area (Å²) in [6.45, 7) is 1.56. The van der Waals surface area contributed by atoms with Gasteiger partial charge in [-0.1, -0.05) is 25.1 Å². The van der Waals surface area contributed by atoms with Crippen LogP contribution in [0, 0.1) is 0 Å². The Labute approximate surface area is 163 Å². The van der Waals surface area contributed by atoms with Crippen LogP contribution in [0.1, 0.15) is 18.9 Å². The Morgan fingerprint density at radius 1 is 1.03 bits per heavy atom. The van der Waals surface area contributed by atoms with E-state index in [0.29, 0.717) is 6.42 Å². The molecular weight excluding hydrogens is 387 g/mol. The quantitative estimate of drug-likeness (QED) is 0.708. The summed E-state index contributed by atoms with van der Waals surface area (Å²) in [5, 5.41) is 2.66. The van der Waals surface area contributed by atoms with Gasteiger partial charge in [0, 0.05) is 12.2 Å². The van der Waals surface area contributed by atoms with E-state index in [1.54, 1.807) is 24.3 Å². The number of para-hydroxylation sites is 1. The summed E-state index contributed by atoms with van der Waals surface area (Å²) in [4.78, 5) is 37.8. The van der Waals surface area contributed by atoms with Crippen LogP contribution in [0.2, 0.25) is 0 Å². The van der Waals surface area contributed by atoms with Gasteiger partial charge in [0.25, 0.3) is 5.56 Å². The van der Waals surface area contributed by atoms with Gasteiger partial charge < -0.3 is 5.32 Å². The highest BCUT2D eigenvalue weighted by molar-refractivity contribution is 5.91. The van der Waals surface area contributed by atoms with Crippen LogP contribution in [-0.4, -0.2) is 15.0 Å². The van der Waals surface area contributed by atoms with Crippen LogP contribution < -0.4 is 16.6 Å². The first-order valence-corrected chi connectivity index (χ1v) is 8.92. The maximum absolute atomic E-state index is 12.8. The van der Waals surface area contributed by atoms with Gasteiger partial charge in [-0.05, 0) is 36.8 Å². The van der Waals surface area contributed by atoms with E-state index in [1.165, 1.54) is 12.1 Å². The van der Waals surface area contributed by atoms with Crippen LogP contribution in [0.4, 0.5) is 18.9 Å². The number of nitrogens with one attached hydrogen (secondary N) is 1. The van der Waals surface area contributed by atoms with Crippen LogP contribution >= 0.6 is 0 Å². The summed E-state index contributed by atoms with van der Waals surface area (Å²) in [6.07, 6.45) is -3.99. The predicted octanol–water partition coefficient (Wildman–Crippen LogP) is 3.23. The molecule has 1 amide bonds. The number of alkyl halides is 3. The monoisotopic (exact) mass is 405 g/mol. The SMILES string of the molecule is CCCn1c(=O)c2ccccc2n(CC(=O)Nc2cccc(C(F)(F)F)c2)c1=O. The van der Waals surface area contributed by atoms with Crippen LogP contribution in [0.5, 0.6) is 0 Å². The van der Waals surface area contributed by atoms with Gasteiger partial charge in [-0.25, -0.2) is 4.79 Å². The molecule has 1 heterocycles. The lowest BCUT2D eigenvalue weighted by molar-refractivity contribution is -0.137. The number of benzene rings is 2. The van der Waals surface area contributed by atoms with E-state index in [-0.39, 0.29) is 23.1 Å². The number of hydrogen-bond acceptors (Lipinski definition) is 3. The molecule has 29 heavy (non-hydrogen) atoms. The molecule has 0 aliphatic carbocycles. The maximum Gasteiger partial charge on any atom is 0.416 e. The summed E-state index contributed by atoms with van der Waals surface area (Å²) in [7, 11) is 0. The first kappa shape index (κ1) is 20.4. The third-order valence-corrected chi connectivity index (χ3v) is 4.35. The van der Waals surface area contributed by atoms with E-state index in [9.17, 15) is 27.6 Å². The van der Waals surface area contributed by atoms with Gasteiger partial charge >= 0.3 is 11.9 Å². The average molecular weight is 405 g/mol. The van der Waals surface area contributed by atoms with Crippen molar-refractivity contribution in [2.45, 2.75) is 32.6 Å². The molecule has 152 valence electrons. The van der Waals surface area contributed by atoms with Gasteiger partial charge in [0.05, 0.1) is 16.5 Å². The summed E-state index contributed by atoms with van der Waals surface area (Å²) < 4.78 is 40.7. The van der Waals surface area contributed by atoms with Crippen LogP contribution in [-0.2, 0) is 24.1 Å². The molecule has 1 aromatic heterocycles. The second-order valence-corrected chi connectivity index (χ2v) is 6.47. The van der Waals surface area contributed by atoms with E-state index in [2.05, 4.69) is 5.32 Å². The Balaban J connectivity index is 1.97. The number of hydrogen-bond donors (Lipinski definition) is 1. The fourth-order valence-corrected chi connectivity index (χ4v) is 3.06. The second-order valence-electron chi connectivity index (χ2n) is 6.47. The van der Waals surface area contributed by atoms with Crippen molar-refractivity contribution in [2.24, 2.45) is 0 Å². The molecule has 3 rings (SSSR count). The Kier molecular flexibility index (Phi) is 5.58. The minimum absolute atomic E-state index is 0.0379. The van der Waals surface area contributed by atoms with Gasteiger partial charge in [-0.3, -0.25) is 18.7 Å². The summed E-state index contributed by atoms with van der Waals surface area (Å²) >= 11 is 0. The highest BCUT2D eigenvalue weighted by Crippen LogP contribution is 2.30. The largest absolute Gasteiger partial charge is 0.416 e. The molecule has 0 spiro atoms. The Hall–Kier alpha value is -3.36. The fourth-order valence-electron chi connectivity index (χ4n) is 3.06. The number of aromatic nitrogens is 2. The van der Waals surface area contributed by atoms with Crippen LogP contribution in [0.3, 0.4) is 0 Å². The van der Waals surface area contributed by atoms with E-state index in [4.69, 9.17) is 0 Å². The topological polar surface area (TPSA) is 73.1 Å². The van der Waals surface area contributed by atoms with Crippen molar-refractivity contribution in [3.63, 3.8) is 0 Å². The van der Waals surface area contributed by atoms with Crippen LogP contribution in [0.25, 0.3) is 10.9 Å². The maximum atomic E-state index is 12.8. The Bertz CT molecular complexity index is 1180. The third kappa shape index (κ3) is 4.23. The molecule has 0 saturated carbocycles. The van der Waals surface area contributed by atoms with Crippen molar-refractivity contribution < 1.29 is 18.0 Å². The molecule has 0 aliphatic heterocycles. The molecule has 0 atom stereocenters. The molecule has 0 radical (unpaired) electrons. The van der Waals surface area contributed by atoms with Crippen molar-refractivity contribution >= 4 is 22.5 Å². The molecule has 3 aromatic rings. The lowest BCUT2D eigenvalue weighted by atomic mass is 10.2. The molecular formula is C20H18F3N3O3. The van der Waals surface area contributed by atoms with E-state index in [0.717, 1.165) is 21.3 Å². The molecule has 9 heteroatoms. The van der Waals surface area contributed by atoms with Gasteiger partial charge in [0.15, 0.2) is 0 Å². The zero-order valence-corrected chi connectivity index (χ0v) is 15.5. The highest BCUT2D eigenvalue weighted by Gasteiger charge is 2.30. The standard InChI is InChI=1S/C20H18F3N3O3/c1-2-10-25-18(28)15-8-3-4-9-16(15)26(19(25)29)12-17(27)24-14-7-5-6-13(11-14)20(21,22)23/h3-9,11H,2,10,12H2,1H3,(H,24,27). The third-order valence-electron chi connectivity index (χ3n) is 4.35. The number of carbonyl (C=O) groups is 1. The zero-order valence-electron chi connectivity index (χ0n) is 15.5. The number of fused-ring (bicyclic) bond motifs is 1. The summed E-state index contributed by atoms with van der Waals surface area (Å²) in [5.74, 6) is -0.682. The number of nitrogens with zero attached hydrogens (tertiary/aromatic N) is 2. The minimum atomic E-state index is -4.54. The minimum Gasteiger partial charge on any atom is -0.325 e. The Morgan fingerprint density at radius 2 is 1.76 bits per heavy atom. The Morgan fingerprint density at radius 3 is 2.45 bits per heavy atom. The van der Waals surface area contributed by atoms with Crippen molar-refractivity contribution in [2.75, 3.05) is 5.32 Å². The first-order chi connectivity index (χ1) is 13.7. The van der Waals surface area contributed by atoms with Crippen LogP contribution in [0.15, 0.2) is 58.1 Å². The van der Waals surface area contributed by atoms with Gasteiger partial charge in [0.2, 0.25) is 5.91 Å². The number of halogens is 3. The van der Waals surface area contributed by atoms with E-state index < -0.39 is 35.4 Å². The molecule has 0 unspecified atom stereocenters. The van der Waals surface area contributed by atoms with E-state index in [1.807, 2.05) is 6.92 Å². The highest BCUT2D eigenvalue weighted by atomic mass is 19.4. The van der Waals surface area contributed by atoms with Crippen molar-refractivity contribution in [3.8, 4) is 0 Å². The van der Waals surface area contributed by atoms with Gasteiger partial charge in [0.1, 0.15) is 6.54 Å². The second kappa shape index (κ2) is 7.94. The zero-order chi connectivity index (χ0) is 21.2. The van der Waals surface area contributed by atoms with Gasteiger partial charge in [-0.15, -0.1) is 0 Å². The average Bonchev–Trinajstić information content (AvgIpc) is 2.68. The normalized spacial score (nSPS) is 11.6. The van der Waals surface area contributed by atoms with Crippen molar-refractivity contribution in [3.05, 3.63) is 74.9 Å². The number of carbonyl (C=O) groups excluding carboxylic acids is 1. The lowest BCUT2D eigenvalue weighted by Gasteiger charge is -2.14. The summed E-state index contributed by atoms with van der Waals surface area (Å²) in [6, 6.07) is 10.6. The van der Waals surface area contributed by atoms with Crippen molar-refractivity contribution in [1.29, 1.82) is 0 Å². The first-order valence-electron chi connectivity index (χ1n) is 8.92. The molecule has 1 N–H and O–H groups in total. The molecule has 6 nitrogen and oxygen atoms in total. The molecule has 0 fully saturated rings. The predicted molar refractivity (Wildman–Crippen MR) is 103 cm³/mol. The fraction of sp³-hybridized carbons (Fsp3) is 0.250. The lowest BCUT2D eigenvalue weighted by Crippen LogP contribution is -2.41. The number of rotatable bonds is 5. The van der Waals surface area contributed by atoms with Gasteiger partial charge in [-0.2, -0.15) is 13.2 Å². The molecule has 2 aromatic carbocycles. The molecule has 0 bridgehead atoms. The summed E-state index contributed by atoms with van der Waals surface area (Å²) in [5.41, 5.74) is -1.73. The molecule has 0 aliphatic rings. The number of amides is 1. The smallest absolute Gasteiger partial charge is 0.325 e. The number of anilines is 1. The molecule has 0 saturated heterocycles. The van der Waals surface area contributed by atoms with E-state index >= 15 is 0 Å². The van der Waals surface area contributed by atoms with Crippen molar-refractivity contribution in [1.82, 2.24) is 9.13 Å².